The van der Waals surface area contributed by atoms with Crippen LogP contribution in [0.4, 0.5) is 5.82 Å². The molecule has 2 heterocycles. The summed E-state index contributed by atoms with van der Waals surface area (Å²) in [6, 6.07) is 12.3. The van der Waals surface area contributed by atoms with E-state index >= 15 is 0 Å². The van der Waals surface area contributed by atoms with E-state index in [1.54, 1.807) is 18.4 Å². The first-order chi connectivity index (χ1) is 9.86. The number of benzene rings is 1. The molecule has 1 N–H and O–H groups in total. The molecule has 20 heavy (non-hydrogen) atoms. The van der Waals surface area contributed by atoms with Gasteiger partial charge in [-0.1, -0.05) is 12.1 Å². The minimum Gasteiger partial charge on any atom is -0.497 e. The highest BCUT2D eigenvalue weighted by atomic mass is 32.1. The van der Waals surface area contributed by atoms with Gasteiger partial charge in [0.05, 0.1) is 7.11 Å². The van der Waals surface area contributed by atoms with Crippen molar-refractivity contribution in [3.63, 3.8) is 0 Å². The van der Waals surface area contributed by atoms with Gasteiger partial charge in [0.2, 0.25) is 0 Å². The molecule has 0 spiro atoms. The van der Waals surface area contributed by atoms with Crippen molar-refractivity contribution in [2.75, 3.05) is 19.0 Å². The third-order valence-electron chi connectivity index (χ3n) is 3.25. The molecule has 0 unspecified atom stereocenters. The Morgan fingerprint density at radius 2 is 2.00 bits per heavy atom. The number of ether oxygens (including phenoxy) is 1. The first-order valence-electron chi connectivity index (χ1n) is 6.56. The van der Waals surface area contributed by atoms with Crippen LogP contribution >= 0.6 is 11.3 Å². The molecule has 0 aliphatic rings. The van der Waals surface area contributed by atoms with Gasteiger partial charge in [-0.15, -0.1) is 11.3 Å². The van der Waals surface area contributed by atoms with Crippen molar-refractivity contribution in [3.8, 4) is 5.75 Å². The number of nitrogens with zero attached hydrogens (tertiary/aromatic N) is 1. The summed E-state index contributed by atoms with van der Waals surface area (Å²) in [7, 11) is 1.68. The van der Waals surface area contributed by atoms with Crippen molar-refractivity contribution >= 4 is 27.2 Å². The van der Waals surface area contributed by atoms with Crippen molar-refractivity contribution in [2.24, 2.45) is 0 Å². The van der Waals surface area contributed by atoms with Gasteiger partial charge in [-0.3, -0.25) is 0 Å². The van der Waals surface area contributed by atoms with Gasteiger partial charge in [0, 0.05) is 22.8 Å². The molecule has 1 aromatic carbocycles. The highest BCUT2D eigenvalue weighted by Crippen LogP contribution is 2.25. The molecule has 0 bridgehead atoms. The van der Waals surface area contributed by atoms with E-state index in [2.05, 4.69) is 39.9 Å². The van der Waals surface area contributed by atoms with Gasteiger partial charge in [0.25, 0.3) is 0 Å². The standard InChI is InChI=1S/C16H16N2OS/c1-19-13-4-2-12(3-5-13)6-9-17-16-14-8-11-20-15(14)7-10-18-16/h2-5,7-8,10-11H,6,9H2,1H3,(H,17,18). The lowest BCUT2D eigenvalue weighted by Gasteiger charge is -2.07. The summed E-state index contributed by atoms with van der Waals surface area (Å²) in [5, 5.41) is 6.71. The second kappa shape index (κ2) is 5.92. The predicted molar refractivity (Wildman–Crippen MR) is 84.8 cm³/mol. The maximum Gasteiger partial charge on any atom is 0.134 e. The molecule has 0 saturated heterocycles. The fourth-order valence-electron chi connectivity index (χ4n) is 2.15. The Labute approximate surface area is 122 Å². The maximum absolute atomic E-state index is 5.16. The molecule has 3 nitrogen and oxygen atoms in total. The number of aromatic nitrogens is 1. The van der Waals surface area contributed by atoms with E-state index in [4.69, 9.17) is 4.74 Å². The van der Waals surface area contributed by atoms with Gasteiger partial charge in [-0.05, 0) is 41.6 Å². The van der Waals surface area contributed by atoms with Crippen molar-refractivity contribution in [1.29, 1.82) is 0 Å². The lowest BCUT2D eigenvalue weighted by atomic mass is 10.1. The Balaban J connectivity index is 1.63. The highest BCUT2D eigenvalue weighted by molar-refractivity contribution is 7.17. The highest BCUT2D eigenvalue weighted by Gasteiger charge is 2.02. The lowest BCUT2D eigenvalue weighted by Crippen LogP contribution is -2.06. The van der Waals surface area contributed by atoms with Gasteiger partial charge >= 0.3 is 0 Å². The lowest BCUT2D eigenvalue weighted by molar-refractivity contribution is 0.414. The summed E-state index contributed by atoms with van der Waals surface area (Å²) in [6.07, 6.45) is 2.82. The van der Waals surface area contributed by atoms with Crippen LogP contribution in [0.2, 0.25) is 0 Å². The van der Waals surface area contributed by atoms with E-state index in [-0.39, 0.29) is 0 Å². The summed E-state index contributed by atoms with van der Waals surface area (Å²) in [5.41, 5.74) is 1.29. The Hall–Kier alpha value is -2.07. The molecule has 0 aliphatic carbocycles. The van der Waals surface area contributed by atoms with E-state index in [0.717, 1.165) is 24.5 Å². The first kappa shape index (κ1) is 12.9. The molecule has 0 amide bonds. The number of hydrogen-bond acceptors (Lipinski definition) is 4. The molecule has 0 aliphatic heterocycles. The smallest absolute Gasteiger partial charge is 0.134 e. The number of pyridine rings is 1. The van der Waals surface area contributed by atoms with Gasteiger partial charge in [0.15, 0.2) is 0 Å². The van der Waals surface area contributed by atoms with Gasteiger partial charge in [-0.25, -0.2) is 4.98 Å². The topological polar surface area (TPSA) is 34.1 Å². The van der Waals surface area contributed by atoms with E-state index in [1.165, 1.54) is 15.6 Å². The number of hydrogen-bond donors (Lipinski definition) is 1. The molecule has 3 aromatic rings. The third kappa shape index (κ3) is 2.75. The van der Waals surface area contributed by atoms with E-state index < -0.39 is 0 Å². The average molecular weight is 284 g/mol. The summed E-state index contributed by atoms with van der Waals surface area (Å²) < 4.78 is 6.43. The zero-order valence-electron chi connectivity index (χ0n) is 11.3. The maximum atomic E-state index is 5.16. The summed E-state index contributed by atoms with van der Waals surface area (Å²) in [5.74, 6) is 1.86. The minimum atomic E-state index is 0.869. The normalized spacial score (nSPS) is 10.7. The number of fused-ring (bicyclic) bond motifs is 1. The van der Waals surface area contributed by atoms with Crippen LogP contribution in [-0.4, -0.2) is 18.6 Å². The van der Waals surface area contributed by atoms with Gasteiger partial charge in [-0.2, -0.15) is 0 Å². The Morgan fingerprint density at radius 3 is 2.80 bits per heavy atom. The largest absolute Gasteiger partial charge is 0.497 e. The van der Waals surface area contributed by atoms with Crippen LogP contribution in [0.15, 0.2) is 48.0 Å². The van der Waals surface area contributed by atoms with Gasteiger partial charge in [0.1, 0.15) is 11.6 Å². The van der Waals surface area contributed by atoms with E-state index in [1.807, 2.05) is 18.3 Å². The van der Waals surface area contributed by atoms with Crippen molar-refractivity contribution in [3.05, 3.63) is 53.5 Å². The Morgan fingerprint density at radius 1 is 1.15 bits per heavy atom. The van der Waals surface area contributed by atoms with Crippen molar-refractivity contribution in [2.45, 2.75) is 6.42 Å². The third-order valence-corrected chi connectivity index (χ3v) is 4.13. The number of anilines is 1. The molecule has 102 valence electrons. The van der Waals surface area contributed by atoms with Crippen LogP contribution in [0, 0.1) is 0 Å². The molecular weight excluding hydrogens is 268 g/mol. The molecule has 0 atom stereocenters. The Kier molecular flexibility index (Phi) is 3.83. The summed E-state index contributed by atoms with van der Waals surface area (Å²) >= 11 is 1.74. The minimum absolute atomic E-state index is 0.869. The Bertz CT molecular complexity index is 691. The molecule has 0 radical (unpaired) electrons. The van der Waals surface area contributed by atoms with Crippen molar-refractivity contribution in [1.82, 2.24) is 4.98 Å². The zero-order valence-corrected chi connectivity index (χ0v) is 12.1. The predicted octanol–water partition coefficient (Wildman–Crippen LogP) is 3.96. The second-order valence-corrected chi connectivity index (χ2v) is 5.46. The van der Waals surface area contributed by atoms with Crippen molar-refractivity contribution < 1.29 is 4.74 Å². The molecule has 4 heteroatoms. The fraction of sp³-hybridized carbons (Fsp3) is 0.188. The fourth-order valence-corrected chi connectivity index (χ4v) is 2.93. The number of nitrogens with one attached hydrogen (secondary N) is 1. The van der Waals surface area contributed by atoms with Gasteiger partial charge < -0.3 is 10.1 Å². The monoisotopic (exact) mass is 284 g/mol. The van der Waals surface area contributed by atoms with E-state index in [0.29, 0.717) is 0 Å². The summed E-state index contributed by atoms with van der Waals surface area (Å²) in [6.45, 7) is 0.869. The number of thiophene rings is 1. The SMILES string of the molecule is COc1ccc(CCNc2nccc3sccc23)cc1. The number of rotatable bonds is 5. The van der Waals surface area contributed by atoms with Crippen LogP contribution in [0.5, 0.6) is 5.75 Å². The second-order valence-electron chi connectivity index (χ2n) is 4.52. The average Bonchev–Trinajstić information content (AvgIpc) is 2.97. The van der Waals surface area contributed by atoms with Crippen LogP contribution in [0.1, 0.15) is 5.56 Å². The molecule has 3 rings (SSSR count). The van der Waals surface area contributed by atoms with Crippen LogP contribution in [0.3, 0.4) is 0 Å². The summed E-state index contributed by atoms with van der Waals surface area (Å²) in [4.78, 5) is 4.41. The number of methoxy groups -OCH3 is 1. The zero-order chi connectivity index (χ0) is 13.8. The quantitative estimate of drug-likeness (QED) is 0.770. The van der Waals surface area contributed by atoms with Crippen LogP contribution < -0.4 is 10.1 Å². The van der Waals surface area contributed by atoms with Crippen LogP contribution in [0.25, 0.3) is 10.1 Å². The molecule has 0 fully saturated rings. The van der Waals surface area contributed by atoms with E-state index in [9.17, 15) is 0 Å². The van der Waals surface area contributed by atoms with Crippen LogP contribution in [-0.2, 0) is 6.42 Å². The molecule has 2 aromatic heterocycles. The molecule has 0 saturated carbocycles. The first-order valence-corrected chi connectivity index (χ1v) is 7.44. The molecular formula is C16H16N2OS.